The average Bonchev–Trinajstić information content (AvgIpc) is 2.08. The molecule has 0 aromatic rings. The van der Waals surface area contributed by atoms with Crippen molar-refractivity contribution in [1.29, 1.82) is 0 Å². The van der Waals surface area contributed by atoms with Crippen LogP contribution >= 0.6 is 0 Å². The zero-order valence-electron chi connectivity index (χ0n) is 7.30. The van der Waals surface area contributed by atoms with Gasteiger partial charge in [0.15, 0.2) is 0 Å². The Morgan fingerprint density at radius 3 is 2.00 bits per heavy atom. The summed E-state index contributed by atoms with van der Waals surface area (Å²) in [4.78, 5) is 0. The maximum atomic E-state index is 5.54. The molecule has 0 aliphatic rings. The van der Waals surface area contributed by atoms with Gasteiger partial charge in [-0.3, -0.25) is 0 Å². The van der Waals surface area contributed by atoms with Crippen LogP contribution in [-0.2, 0) is 8.85 Å². The molecule has 0 aromatic carbocycles. The van der Waals surface area contributed by atoms with E-state index < -0.39 is 8.56 Å². The van der Waals surface area contributed by atoms with Crippen LogP contribution in [0.25, 0.3) is 0 Å². The Bertz CT molecular complexity index is 90.3. The number of rotatable bonds is 6. The van der Waals surface area contributed by atoms with Crippen LogP contribution in [0.2, 0.25) is 6.04 Å². The first kappa shape index (κ1) is 11.1. The third kappa shape index (κ3) is 3.30. The van der Waals surface area contributed by atoms with Crippen LogP contribution in [0.3, 0.4) is 0 Å². The molecule has 0 radical (unpaired) electrons. The Balaban J connectivity index is 3.84. The summed E-state index contributed by atoms with van der Waals surface area (Å²) in [6, 6.07) is 0.882. The van der Waals surface area contributed by atoms with E-state index in [9.17, 15) is 0 Å². The smallest absolute Gasteiger partial charge is 0.351 e. The van der Waals surface area contributed by atoms with Gasteiger partial charge in [-0.25, -0.2) is 0 Å². The lowest BCUT2D eigenvalue weighted by molar-refractivity contribution is 0.242. The minimum absolute atomic E-state index is 0.500. The van der Waals surface area contributed by atoms with Gasteiger partial charge in [0.05, 0.1) is 0 Å². The van der Waals surface area contributed by atoms with Crippen LogP contribution in [0, 0.1) is 0 Å². The predicted molar refractivity (Wildman–Crippen MR) is 47.3 cm³/mol. The summed E-state index contributed by atoms with van der Waals surface area (Å²) in [6.07, 6.45) is 1.42. The van der Waals surface area contributed by atoms with Crippen LogP contribution in [0.15, 0.2) is 0 Å². The topological polar surface area (TPSA) is 70.5 Å². The molecule has 4 N–H and O–H groups in total. The fourth-order valence-corrected chi connectivity index (χ4v) is 2.78. The molecule has 0 saturated heterocycles. The molecule has 0 aromatic heterocycles. The quantitative estimate of drug-likeness (QED) is 0.541. The lowest BCUT2D eigenvalue weighted by atomic mass is 10.5. The van der Waals surface area contributed by atoms with Gasteiger partial charge < -0.3 is 20.3 Å². The fraction of sp³-hybridized carbons (Fsp3) is 1.00. The van der Waals surface area contributed by atoms with Gasteiger partial charge in [-0.1, -0.05) is 0 Å². The van der Waals surface area contributed by atoms with Crippen molar-refractivity contribution in [1.82, 2.24) is 0 Å². The summed E-state index contributed by atoms with van der Waals surface area (Å²) in [6.45, 7) is 0.668. The van der Waals surface area contributed by atoms with E-state index in [1.54, 1.807) is 14.2 Å². The normalized spacial score (nSPS) is 12.0. The maximum absolute atomic E-state index is 5.54. The highest BCUT2D eigenvalue weighted by molar-refractivity contribution is 6.67. The lowest BCUT2D eigenvalue weighted by Gasteiger charge is -2.25. The average molecular weight is 178 g/mol. The molecule has 0 bridgehead atoms. The minimum atomic E-state index is -2.04. The monoisotopic (exact) mass is 178 g/mol. The van der Waals surface area contributed by atoms with Crippen LogP contribution < -0.4 is 11.5 Å². The van der Waals surface area contributed by atoms with E-state index in [0.717, 1.165) is 12.5 Å². The second kappa shape index (κ2) is 5.67. The summed E-state index contributed by atoms with van der Waals surface area (Å²) >= 11 is 0. The Kier molecular flexibility index (Phi) is 5.70. The fourth-order valence-electron chi connectivity index (χ4n) is 0.928. The molecule has 0 saturated carbocycles. The predicted octanol–water partition coefficient (Wildman–Crippen LogP) is -0.432. The van der Waals surface area contributed by atoms with Gasteiger partial charge in [0.25, 0.3) is 0 Å². The number of nitrogens with two attached hydrogens (primary N) is 2. The van der Waals surface area contributed by atoms with E-state index in [-0.39, 0.29) is 0 Å². The highest BCUT2D eigenvalue weighted by Crippen LogP contribution is 2.11. The maximum Gasteiger partial charge on any atom is 0.351 e. The van der Waals surface area contributed by atoms with Crippen LogP contribution in [-0.4, -0.2) is 35.5 Å². The summed E-state index contributed by atoms with van der Waals surface area (Å²) in [5.74, 6) is 0. The first-order valence-corrected chi connectivity index (χ1v) is 5.98. The largest absolute Gasteiger partial charge is 0.397 e. The third-order valence-electron chi connectivity index (χ3n) is 1.82. The van der Waals surface area contributed by atoms with E-state index in [1.807, 2.05) is 0 Å². The molecule has 0 aliphatic carbocycles. The Morgan fingerprint density at radius 2 is 1.73 bits per heavy atom. The minimum Gasteiger partial charge on any atom is -0.397 e. The molecule has 11 heavy (non-hydrogen) atoms. The van der Waals surface area contributed by atoms with Crippen LogP contribution in [0.4, 0.5) is 0 Å². The molecule has 0 unspecified atom stereocenters. The SMILES string of the molecule is CO[Si](CN)(CCCN)OC. The van der Waals surface area contributed by atoms with Crippen molar-refractivity contribution in [3.05, 3.63) is 0 Å². The lowest BCUT2D eigenvalue weighted by Crippen LogP contribution is -2.48. The van der Waals surface area contributed by atoms with Crippen molar-refractivity contribution in [2.45, 2.75) is 12.5 Å². The molecule has 0 amide bonds. The molecule has 0 aliphatic heterocycles. The van der Waals surface area contributed by atoms with Gasteiger partial charge in [-0.05, 0) is 19.0 Å². The third-order valence-corrected chi connectivity index (χ3v) is 5.04. The Hall–Kier alpha value is 0.0569. The van der Waals surface area contributed by atoms with E-state index in [4.69, 9.17) is 20.3 Å². The van der Waals surface area contributed by atoms with Crippen molar-refractivity contribution >= 4 is 8.56 Å². The molecule has 0 heterocycles. The number of hydrogen-bond donors (Lipinski definition) is 2. The molecule has 5 heteroatoms. The summed E-state index contributed by atoms with van der Waals surface area (Å²) < 4.78 is 10.5. The van der Waals surface area contributed by atoms with Crippen LogP contribution in [0.5, 0.6) is 0 Å². The van der Waals surface area contributed by atoms with E-state index in [0.29, 0.717) is 12.7 Å². The highest BCUT2D eigenvalue weighted by atomic mass is 28.4. The molecular formula is C6H18N2O2Si. The molecule has 68 valence electrons. The van der Waals surface area contributed by atoms with E-state index in [2.05, 4.69) is 0 Å². The zero-order valence-corrected chi connectivity index (χ0v) is 8.30. The van der Waals surface area contributed by atoms with Gasteiger partial charge in [0.2, 0.25) is 0 Å². The van der Waals surface area contributed by atoms with Gasteiger partial charge in [0.1, 0.15) is 0 Å². The number of hydrogen-bond acceptors (Lipinski definition) is 4. The molecule has 4 nitrogen and oxygen atoms in total. The molecular weight excluding hydrogens is 160 g/mol. The molecule has 0 rings (SSSR count). The van der Waals surface area contributed by atoms with Gasteiger partial charge in [0, 0.05) is 20.4 Å². The molecule has 0 atom stereocenters. The van der Waals surface area contributed by atoms with Crippen molar-refractivity contribution < 1.29 is 8.85 Å². The molecule has 0 fully saturated rings. The van der Waals surface area contributed by atoms with Gasteiger partial charge >= 0.3 is 8.56 Å². The first-order valence-electron chi connectivity index (χ1n) is 3.75. The second-order valence-corrected chi connectivity index (χ2v) is 5.96. The van der Waals surface area contributed by atoms with E-state index in [1.165, 1.54) is 0 Å². The van der Waals surface area contributed by atoms with Crippen molar-refractivity contribution in [3.63, 3.8) is 0 Å². The standard InChI is InChI=1S/C6H18N2O2Si/c1-9-11(6-8,10-2)5-3-4-7/h3-8H2,1-2H3. The zero-order chi connectivity index (χ0) is 8.74. The van der Waals surface area contributed by atoms with Crippen LogP contribution in [0.1, 0.15) is 6.42 Å². The van der Waals surface area contributed by atoms with Gasteiger partial charge in [-0.2, -0.15) is 0 Å². The summed E-state index contributed by atoms with van der Waals surface area (Å²) in [5.41, 5.74) is 10.9. The molecule has 0 spiro atoms. The van der Waals surface area contributed by atoms with E-state index >= 15 is 0 Å². The van der Waals surface area contributed by atoms with Gasteiger partial charge in [-0.15, -0.1) is 0 Å². The summed E-state index contributed by atoms with van der Waals surface area (Å²) in [5, 5.41) is 0. The Morgan fingerprint density at radius 1 is 1.18 bits per heavy atom. The highest BCUT2D eigenvalue weighted by Gasteiger charge is 2.32. The second-order valence-electron chi connectivity index (χ2n) is 2.42. The van der Waals surface area contributed by atoms with Crippen molar-refractivity contribution in [3.8, 4) is 0 Å². The first-order chi connectivity index (χ1) is 5.24. The van der Waals surface area contributed by atoms with Crippen molar-refractivity contribution in [2.24, 2.45) is 11.5 Å². The summed E-state index contributed by atoms with van der Waals surface area (Å²) in [7, 11) is 1.26. The van der Waals surface area contributed by atoms with Crippen molar-refractivity contribution in [2.75, 3.05) is 26.9 Å². The Labute approximate surface area is 69.1 Å².